The Morgan fingerprint density at radius 3 is 2.38 bits per heavy atom. The molecule has 0 saturated heterocycles. The zero-order chi connectivity index (χ0) is 10.1. The van der Waals surface area contributed by atoms with Crippen LogP contribution in [0, 0.1) is 11.3 Å². The first-order chi connectivity index (χ1) is 5.96. The zero-order valence-corrected chi connectivity index (χ0v) is 8.42. The highest BCUT2D eigenvalue weighted by Gasteiger charge is 2.38. The summed E-state index contributed by atoms with van der Waals surface area (Å²) in [5.74, 6) is -0.133. The SMILES string of the molecule is CC1CCC(C)(C(N)C(=O)O)CC1. The normalized spacial score (nSPS) is 37.0. The molecule has 0 spiro atoms. The van der Waals surface area contributed by atoms with Crippen molar-refractivity contribution in [3.63, 3.8) is 0 Å². The first kappa shape index (κ1) is 10.5. The predicted molar refractivity (Wildman–Crippen MR) is 51.4 cm³/mol. The molecule has 1 atom stereocenters. The molecule has 1 rings (SSSR count). The predicted octanol–water partition coefficient (Wildman–Crippen LogP) is 1.61. The largest absolute Gasteiger partial charge is 0.480 e. The second-order valence-corrected chi connectivity index (χ2v) is 4.65. The molecule has 1 unspecified atom stereocenters. The van der Waals surface area contributed by atoms with Gasteiger partial charge in [0.15, 0.2) is 0 Å². The van der Waals surface area contributed by atoms with E-state index in [2.05, 4.69) is 6.92 Å². The van der Waals surface area contributed by atoms with E-state index in [0.29, 0.717) is 0 Å². The van der Waals surface area contributed by atoms with Gasteiger partial charge in [-0.1, -0.05) is 26.7 Å². The van der Waals surface area contributed by atoms with Gasteiger partial charge in [-0.15, -0.1) is 0 Å². The highest BCUT2D eigenvalue weighted by molar-refractivity contribution is 5.74. The van der Waals surface area contributed by atoms with Crippen LogP contribution in [0.4, 0.5) is 0 Å². The molecule has 0 radical (unpaired) electrons. The Hall–Kier alpha value is -0.570. The molecular weight excluding hydrogens is 166 g/mol. The van der Waals surface area contributed by atoms with E-state index in [9.17, 15) is 4.79 Å². The zero-order valence-electron chi connectivity index (χ0n) is 8.42. The number of carboxylic acid groups (broad SMARTS) is 1. The maximum Gasteiger partial charge on any atom is 0.321 e. The van der Waals surface area contributed by atoms with Crippen molar-refractivity contribution in [2.45, 2.75) is 45.6 Å². The van der Waals surface area contributed by atoms with Gasteiger partial charge in [0.25, 0.3) is 0 Å². The van der Waals surface area contributed by atoms with Gasteiger partial charge in [-0.25, -0.2) is 0 Å². The lowest BCUT2D eigenvalue weighted by Gasteiger charge is -2.38. The van der Waals surface area contributed by atoms with Gasteiger partial charge >= 0.3 is 5.97 Å². The van der Waals surface area contributed by atoms with Crippen LogP contribution in [0.5, 0.6) is 0 Å². The van der Waals surface area contributed by atoms with E-state index in [1.165, 1.54) is 0 Å². The molecule has 0 aromatic carbocycles. The van der Waals surface area contributed by atoms with Crippen molar-refractivity contribution in [3.8, 4) is 0 Å². The van der Waals surface area contributed by atoms with Gasteiger partial charge in [-0.3, -0.25) is 4.79 Å². The van der Waals surface area contributed by atoms with Crippen molar-refractivity contribution in [1.29, 1.82) is 0 Å². The maximum atomic E-state index is 10.8. The van der Waals surface area contributed by atoms with Gasteiger partial charge < -0.3 is 10.8 Å². The number of aliphatic carboxylic acids is 1. The number of nitrogens with two attached hydrogens (primary N) is 1. The third kappa shape index (κ3) is 2.21. The molecule has 1 fully saturated rings. The van der Waals surface area contributed by atoms with Crippen LogP contribution < -0.4 is 5.73 Å². The fourth-order valence-electron chi connectivity index (χ4n) is 2.03. The standard InChI is InChI=1S/C10H19NO2/c1-7-3-5-10(2,6-4-7)8(11)9(12)13/h7-8H,3-6,11H2,1-2H3,(H,12,13). The summed E-state index contributed by atoms with van der Waals surface area (Å²) >= 11 is 0. The molecule has 3 heteroatoms. The molecule has 13 heavy (non-hydrogen) atoms. The van der Waals surface area contributed by atoms with Crippen LogP contribution >= 0.6 is 0 Å². The number of hydrogen-bond acceptors (Lipinski definition) is 2. The van der Waals surface area contributed by atoms with Gasteiger partial charge in [0.1, 0.15) is 6.04 Å². The average Bonchev–Trinajstić information content (AvgIpc) is 2.09. The second-order valence-electron chi connectivity index (χ2n) is 4.65. The van der Waals surface area contributed by atoms with Crippen LogP contribution in [0.15, 0.2) is 0 Å². The summed E-state index contributed by atoms with van der Waals surface area (Å²) in [6, 6.07) is -0.694. The van der Waals surface area contributed by atoms with Crippen LogP contribution in [0.25, 0.3) is 0 Å². The van der Waals surface area contributed by atoms with Gasteiger partial charge in [-0.05, 0) is 24.2 Å². The Kier molecular flexibility index (Phi) is 2.96. The molecule has 76 valence electrons. The van der Waals surface area contributed by atoms with Crippen LogP contribution in [-0.2, 0) is 4.79 Å². The molecule has 1 aliphatic rings. The van der Waals surface area contributed by atoms with E-state index in [1.54, 1.807) is 0 Å². The Bertz CT molecular complexity index is 195. The summed E-state index contributed by atoms with van der Waals surface area (Å²) < 4.78 is 0. The van der Waals surface area contributed by atoms with E-state index in [-0.39, 0.29) is 5.41 Å². The smallest absolute Gasteiger partial charge is 0.321 e. The number of rotatable bonds is 2. The van der Waals surface area contributed by atoms with Gasteiger partial charge in [-0.2, -0.15) is 0 Å². The van der Waals surface area contributed by atoms with Gasteiger partial charge in [0.05, 0.1) is 0 Å². The first-order valence-electron chi connectivity index (χ1n) is 4.94. The number of carbonyl (C=O) groups is 1. The lowest BCUT2D eigenvalue weighted by molar-refractivity contribution is -0.142. The summed E-state index contributed by atoms with van der Waals surface area (Å²) in [6.45, 7) is 4.21. The van der Waals surface area contributed by atoms with Crippen molar-refractivity contribution in [1.82, 2.24) is 0 Å². The summed E-state index contributed by atoms with van der Waals surface area (Å²) in [4.78, 5) is 10.8. The lowest BCUT2D eigenvalue weighted by atomic mass is 9.68. The molecule has 0 aromatic heterocycles. The van der Waals surface area contributed by atoms with Crippen LogP contribution in [0.3, 0.4) is 0 Å². The third-order valence-corrected chi connectivity index (χ3v) is 3.43. The summed E-state index contributed by atoms with van der Waals surface area (Å²) in [5, 5.41) is 8.84. The molecule has 0 amide bonds. The van der Waals surface area contributed by atoms with Gasteiger partial charge in [0, 0.05) is 0 Å². The second kappa shape index (κ2) is 3.66. The lowest BCUT2D eigenvalue weighted by Crippen LogP contribution is -2.47. The Morgan fingerprint density at radius 1 is 1.54 bits per heavy atom. The molecule has 0 heterocycles. The molecular formula is C10H19NO2. The number of hydrogen-bond donors (Lipinski definition) is 2. The van der Waals surface area contributed by atoms with Crippen molar-refractivity contribution < 1.29 is 9.90 Å². The van der Waals surface area contributed by atoms with Crippen LogP contribution in [0.1, 0.15) is 39.5 Å². The fraction of sp³-hybridized carbons (Fsp3) is 0.900. The minimum absolute atomic E-state index is 0.182. The Morgan fingerprint density at radius 2 is 2.00 bits per heavy atom. The molecule has 0 aliphatic heterocycles. The van der Waals surface area contributed by atoms with Crippen LogP contribution in [0.2, 0.25) is 0 Å². The molecule has 0 aromatic rings. The molecule has 3 nitrogen and oxygen atoms in total. The van der Waals surface area contributed by atoms with E-state index < -0.39 is 12.0 Å². The van der Waals surface area contributed by atoms with E-state index >= 15 is 0 Å². The Balaban J connectivity index is 2.61. The monoisotopic (exact) mass is 185 g/mol. The molecule has 3 N–H and O–H groups in total. The van der Waals surface area contributed by atoms with Crippen molar-refractivity contribution in [2.75, 3.05) is 0 Å². The number of carboxylic acids is 1. The molecule has 1 saturated carbocycles. The third-order valence-electron chi connectivity index (χ3n) is 3.43. The van der Waals surface area contributed by atoms with E-state index in [1.807, 2.05) is 6.92 Å². The highest BCUT2D eigenvalue weighted by Crippen LogP contribution is 2.40. The average molecular weight is 185 g/mol. The molecule has 0 bridgehead atoms. The fourth-order valence-corrected chi connectivity index (χ4v) is 2.03. The summed E-state index contributed by atoms with van der Waals surface area (Å²) in [6.07, 6.45) is 4.11. The topological polar surface area (TPSA) is 63.3 Å². The van der Waals surface area contributed by atoms with Crippen LogP contribution in [-0.4, -0.2) is 17.1 Å². The summed E-state index contributed by atoms with van der Waals surface area (Å²) in [5.41, 5.74) is 5.49. The first-order valence-corrected chi connectivity index (χ1v) is 4.94. The molecule has 1 aliphatic carbocycles. The Labute approximate surface area is 79.3 Å². The minimum atomic E-state index is -0.864. The quantitative estimate of drug-likeness (QED) is 0.687. The minimum Gasteiger partial charge on any atom is -0.480 e. The summed E-state index contributed by atoms with van der Waals surface area (Å²) in [7, 11) is 0. The van der Waals surface area contributed by atoms with E-state index in [4.69, 9.17) is 10.8 Å². The van der Waals surface area contributed by atoms with Gasteiger partial charge in [0.2, 0.25) is 0 Å². The van der Waals surface area contributed by atoms with Crippen molar-refractivity contribution in [3.05, 3.63) is 0 Å². The maximum absolute atomic E-state index is 10.8. The van der Waals surface area contributed by atoms with E-state index in [0.717, 1.165) is 31.6 Å². The highest BCUT2D eigenvalue weighted by atomic mass is 16.4. The van der Waals surface area contributed by atoms with Crippen molar-refractivity contribution >= 4 is 5.97 Å². The van der Waals surface area contributed by atoms with Crippen molar-refractivity contribution in [2.24, 2.45) is 17.1 Å².